The fraction of sp³-hybridized carbons (Fsp3) is 0.286. The second kappa shape index (κ2) is 8.56. The third-order valence-corrected chi connectivity index (χ3v) is 4.35. The summed E-state index contributed by atoms with van der Waals surface area (Å²) in [7, 11) is 4.67. The monoisotopic (exact) mass is 384 g/mol. The Hall–Kier alpha value is -3.35. The molecule has 0 saturated heterocycles. The maximum atomic E-state index is 12.7. The molecule has 0 radical (unpaired) electrons. The molecule has 0 atom stereocenters. The Morgan fingerprint density at radius 2 is 1.82 bits per heavy atom. The van der Waals surface area contributed by atoms with Crippen LogP contribution >= 0.6 is 0 Å². The zero-order valence-electron chi connectivity index (χ0n) is 16.4. The van der Waals surface area contributed by atoms with E-state index in [2.05, 4.69) is 10.3 Å². The molecule has 7 heteroatoms. The number of aromatic amines is 1. The van der Waals surface area contributed by atoms with Gasteiger partial charge in [-0.15, -0.1) is 0 Å². The molecule has 1 heterocycles. The number of amides is 1. The lowest BCUT2D eigenvalue weighted by molar-refractivity contribution is 0.0946. The van der Waals surface area contributed by atoms with Crippen LogP contribution in [0, 0.1) is 0 Å². The van der Waals surface area contributed by atoms with Crippen molar-refractivity contribution >= 4 is 16.8 Å². The number of rotatable bonds is 8. The molecule has 0 bridgehead atoms. The number of H-pyrrole nitrogens is 1. The van der Waals surface area contributed by atoms with Crippen molar-refractivity contribution < 1.29 is 23.7 Å². The van der Waals surface area contributed by atoms with Crippen LogP contribution in [0.4, 0.5) is 0 Å². The third kappa shape index (κ3) is 3.83. The van der Waals surface area contributed by atoms with E-state index in [-0.39, 0.29) is 5.91 Å². The Balaban J connectivity index is 1.85. The highest BCUT2D eigenvalue weighted by Crippen LogP contribution is 2.41. The van der Waals surface area contributed by atoms with Gasteiger partial charge in [-0.25, -0.2) is 0 Å². The highest BCUT2D eigenvalue weighted by Gasteiger charge is 2.19. The number of nitrogens with one attached hydrogen (secondary N) is 2. The molecule has 1 aromatic heterocycles. The molecule has 2 N–H and O–H groups in total. The molecule has 0 spiro atoms. The summed E-state index contributed by atoms with van der Waals surface area (Å²) in [5.41, 5.74) is 2.00. The van der Waals surface area contributed by atoms with Crippen LogP contribution < -0.4 is 24.3 Å². The van der Waals surface area contributed by atoms with E-state index in [4.69, 9.17) is 18.9 Å². The Morgan fingerprint density at radius 1 is 1.04 bits per heavy atom. The first-order valence-electron chi connectivity index (χ1n) is 8.92. The van der Waals surface area contributed by atoms with Gasteiger partial charge in [-0.3, -0.25) is 4.79 Å². The predicted octanol–water partition coefficient (Wildman–Crippen LogP) is 3.52. The topological polar surface area (TPSA) is 81.8 Å². The lowest BCUT2D eigenvalue weighted by atomic mass is 10.2. The summed E-state index contributed by atoms with van der Waals surface area (Å²) in [6.07, 6.45) is 0. The van der Waals surface area contributed by atoms with E-state index in [9.17, 15) is 4.79 Å². The smallest absolute Gasteiger partial charge is 0.268 e. The van der Waals surface area contributed by atoms with Crippen LogP contribution in [0.5, 0.6) is 23.0 Å². The molecule has 0 aliphatic heterocycles. The third-order valence-electron chi connectivity index (χ3n) is 4.35. The Bertz CT molecular complexity index is 980. The standard InChI is InChI=1S/C21H24N2O5/c1-5-28-14-8-6-7-13(9-14)12-22-21(24)16-10-15-17(25-2)11-18(26-3)20(27-4)19(15)23-16/h6-11,23H,5,12H2,1-4H3,(H,22,24). The van der Waals surface area contributed by atoms with Crippen LogP contribution in [0.15, 0.2) is 36.4 Å². The van der Waals surface area contributed by atoms with Gasteiger partial charge in [0.1, 0.15) is 17.2 Å². The number of ether oxygens (including phenoxy) is 4. The Labute approximate surface area is 163 Å². The minimum absolute atomic E-state index is 0.235. The van der Waals surface area contributed by atoms with E-state index in [0.29, 0.717) is 41.6 Å². The lowest BCUT2D eigenvalue weighted by Crippen LogP contribution is -2.23. The highest BCUT2D eigenvalue weighted by molar-refractivity contribution is 6.02. The summed E-state index contributed by atoms with van der Waals surface area (Å²) in [5.74, 6) is 2.17. The number of fused-ring (bicyclic) bond motifs is 1. The van der Waals surface area contributed by atoms with Gasteiger partial charge in [-0.1, -0.05) is 12.1 Å². The second-order valence-electron chi connectivity index (χ2n) is 6.05. The maximum absolute atomic E-state index is 12.7. The van der Waals surface area contributed by atoms with Crippen molar-refractivity contribution in [3.8, 4) is 23.0 Å². The SMILES string of the molecule is CCOc1cccc(CNC(=O)c2cc3c(OC)cc(OC)c(OC)c3[nH]2)c1. The summed E-state index contributed by atoms with van der Waals surface area (Å²) in [5, 5.41) is 3.65. The molecule has 3 aromatic rings. The summed E-state index contributed by atoms with van der Waals surface area (Å²) >= 11 is 0. The Kier molecular flexibility index (Phi) is 5.93. The van der Waals surface area contributed by atoms with Crippen molar-refractivity contribution in [1.82, 2.24) is 10.3 Å². The zero-order chi connectivity index (χ0) is 20.1. The molecule has 2 aromatic carbocycles. The number of carbonyl (C=O) groups is 1. The van der Waals surface area contributed by atoms with E-state index < -0.39 is 0 Å². The van der Waals surface area contributed by atoms with E-state index in [1.165, 1.54) is 0 Å². The molecule has 0 aliphatic rings. The van der Waals surface area contributed by atoms with Gasteiger partial charge in [-0.2, -0.15) is 0 Å². The van der Waals surface area contributed by atoms with Crippen molar-refractivity contribution in [2.45, 2.75) is 13.5 Å². The van der Waals surface area contributed by atoms with Gasteiger partial charge >= 0.3 is 0 Å². The number of carbonyl (C=O) groups excluding carboxylic acids is 1. The minimum atomic E-state index is -0.235. The number of hydrogen-bond donors (Lipinski definition) is 2. The number of aromatic nitrogens is 1. The zero-order valence-corrected chi connectivity index (χ0v) is 16.4. The predicted molar refractivity (Wildman–Crippen MR) is 107 cm³/mol. The van der Waals surface area contributed by atoms with Gasteiger partial charge in [-0.05, 0) is 30.7 Å². The van der Waals surface area contributed by atoms with Crippen molar-refractivity contribution in [3.63, 3.8) is 0 Å². The molecule has 0 fully saturated rings. The number of hydrogen-bond acceptors (Lipinski definition) is 5. The molecule has 3 rings (SSSR count). The van der Waals surface area contributed by atoms with E-state index in [1.807, 2.05) is 31.2 Å². The molecule has 148 valence electrons. The van der Waals surface area contributed by atoms with Gasteiger partial charge in [0.25, 0.3) is 5.91 Å². The van der Waals surface area contributed by atoms with Crippen molar-refractivity contribution in [2.24, 2.45) is 0 Å². The molecule has 0 aliphatic carbocycles. The maximum Gasteiger partial charge on any atom is 0.268 e. The van der Waals surface area contributed by atoms with Gasteiger partial charge in [0.15, 0.2) is 11.5 Å². The molecule has 0 unspecified atom stereocenters. The quantitative estimate of drug-likeness (QED) is 0.621. The van der Waals surface area contributed by atoms with Gasteiger partial charge < -0.3 is 29.2 Å². The molecule has 1 amide bonds. The van der Waals surface area contributed by atoms with Crippen LogP contribution in [0.25, 0.3) is 10.9 Å². The first-order valence-corrected chi connectivity index (χ1v) is 8.92. The van der Waals surface area contributed by atoms with Crippen LogP contribution in [0.2, 0.25) is 0 Å². The highest BCUT2D eigenvalue weighted by atomic mass is 16.5. The molecule has 28 heavy (non-hydrogen) atoms. The van der Waals surface area contributed by atoms with Crippen molar-refractivity contribution in [1.29, 1.82) is 0 Å². The summed E-state index contributed by atoms with van der Waals surface area (Å²) in [4.78, 5) is 15.8. The fourth-order valence-corrected chi connectivity index (χ4v) is 3.05. The Morgan fingerprint density at radius 3 is 2.50 bits per heavy atom. The molecular weight excluding hydrogens is 360 g/mol. The normalized spacial score (nSPS) is 10.6. The first-order chi connectivity index (χ1) is 13.6. The largest absolute Gasteiger partial charge is 0.496 e. The first kappa shape index (κ1) is 19.4. The molecular formula is C21H24N2O5. The molecule has 7 nitrogen and oxygen atoms in total. The van der Waals surface area contributed by atoms with Gasteiger partial charge in [0.2, 0.25) is 0 Å². The average Bonchev–Trinajstić information content (AvgIpc) is 3.16. The van der Waals surface area contributed by atoms with Crippen LogP contribution in [-0.2, 0) is 6.54 Å². The van der Waals surface area contributed by atoms with E-state index in [1.54, 1.807) is 33.5 Å². The second-order valence-corrected chi connectivity index (χ2v) is 6.05. The fourth-order valence-electron chi connectivity index (χ4n) is 3.05. The number of methoxy groups -OCH3 is 3. The van der Waals surface area contributed by atoms with Crippen LogP contribution in [0.1, 0.15) is 23.0 Å². The molecule has 0 saturated carbocycles. The van der Waals surface area contributed by atoms with Crippen LogP contribution in [-0.4, -0.2) is 38.8 Å². The number of benzene rings is 2. The van der Waals surface area contributed by atoms with Crippen molar-refractivity contribution in [2.75, 3.05) is 27.9 Å². The minimum Gasteiger partial charge on any atom is -0.496 e. The van der Waals surface area contributed by atoms with Gasteiger partial charge in [0.05, 0.1) is 33.5 Å². The lowest BCUT2D eigenvalue weighted by Gasteiger charge is -2.11. The summed E-state index contributed by atoms with van der Waals surface area (Å²) in [6.45, 7) is 2.91. The van der Waals surface area contributed by atoms with E-state index in [0.717, 1.165) is 16.7 Å². The summed E-state index contributed by atoms with van der Waals surface area (Å²) in [6, 6.07) is 11.1. The summed E-state index contributed by atoms with van der Waals surface area (Å²) < 4.78 is 21.7. The average molecular weight is 384 g/mol. The van der Waals surface area contributed by atoms with Crippen LogP contribution in [0.3, 0.4) is 0 Å². The van der Waals surface area contributed by atoms with Gasteiger partial charge in [0, 0.05) is 18.0 Å². The van der Waals surface area contributed by atoms with E-state index >= 15 is 0 Å². The van der Waals surface area contributed by atoms with Crippen molar-refractivity contribution in [3.05, 3.63) is 47.7 Å².